The molecule has 1 aromatic rings. The number of hydrogen-bond donors (Lipinski definition) is 1. The van der Waals surface area contributed by atoms with Gasteiger partial charge in [-0.05, 0) is 34.6 Å². The summed E-state index contributed by atoms with van der Waals surface area (Å²) >= 11 is 3.13. The van der Waals surface area contributed by atoms with Crippen LogP contribution in [0, 0.1) is 5.82 Å². The van der Waals surface area contributed by atoms with Crippen LogP contribution in [0.25, 0.3) is 0 Å². The van der Waals surface area contributed by atoms with E-state index in [4.69, 9.17) is 10.5 Å². The molecule has 0 aliphatic rings. The third-order valence-corrected chi connectivity index (χ3v) is 2.47. The number of nitrogens with two attached hydrogens (primary N) is 1. The number of Topliss-reactive ketones (excluding diaryl/α,β-unsaturated/α-hetero) is 1. The van der Waals surface area contributed by atoms with Gasteiger partial charge in [0, 0.05) is 6.42 Å². The second-order valence-electron chi connectivity index (χ2n) is 2.93. The van der Waals surface area contributed by atoms with Gasteiger partial charge in [-0.25, -0.2) is 4.39 Å². The van der Waals surface area contributed by atoms with Crippen LogP contribution in [0.5, 0.6) is 5.75 Å². The zero-order chi connectivity index (χ0) is 11.4. The minimum Gasteiger partial charge on any atom is -0.495 e. The summed E-state index contributed by atoms with van der Waals surface area (Å²) in [5.74, 6) is -0.368. The molecule has 1 rings (SSSR count). The Morgan fingerprint density at radius 2 is 2.27 bits per heavy atom. The second kappa shape index (κ2) is 5.23. The molecule has 0 unspecified atom stereocenters. The average molecular weight is 276 g/mol. The lowest BCUT2D eigenvalue weighted by Crippen LogP contribution is -2.10. The fraction of sp³-hybridized carbons (Fsp3) is 0.300. The van der Waals surface area contributed by atoms with E-state index in [1.807, 2.05) is 0 Å². The van der Waals surface area contributed by atoms with Gasteiger partial charge in [0.25, 0.3) is 0 Å². The van der Waals surface area contributed by atoms with E-state index in [1.165, 1.54) is 13.2 Å². The molecule has 3 nitrogen and oxygen atoms in total. The summed E-state index contributed by atoms with van der Waals surface area (Å²) in [5, 5.41) is 0. The minimum atomic E-state index is -0.483. The molecular formula is C10H11BrFNO2. The van der Waals surface area contributed by atoms with Crippen molar-refractivity contribution in [3.05, 3.63) is 28.0 Å². The number of ether oxygens (including phenoxy) is 1. The predicted molar refractivity (Wildman–Crippen MR) is 58.7 cm³/mol. The van der Waals surface area contributed by atoms with Gasteiger partial charge >= 0.3 is 0 Å². The lowest BCUT2D eigenvalue weighted by atomic mass is 10.1. The van der Waals surface area contributed by atoms with Crippen molar-refractivity contribution in [3.63, 3.8) is 0 Å². The molecule has 1 aromatic carbocycles. The Balaban J connectivity index is 3.20. The Hall–Kier alpha value is -0.940. The maximum atomic E-state index is 13.1. The number of carbonyl (C=O) groups is 1. The highest BCUT2D eigenvalue weighted by molar-refractivity contribution is 9.10. The van der Waals surface area contributed by atoms with Gasteiger partial charge in [-0.2, -0.15) is 0 Å². The maximum absolute atomic E-state index is 13.1. The molecule has 0 bridgehead atoms. The highest BCUT2D eigenvalue weighted by Gasteiger charge is 2.15. The van der Waals surface area contributed by atoms with Crippen LogP contribution in [0.4, 0.5) is 4.39 Å². The average Bonchev–Trinajstić information content (AvgIpc) is 2.17. The van der Waals surface area contributed by atoms with Gasteiger partial charge in [0.1, 0.15) is 11.6 Å². The molecule has 0 saturated heterocycles. The van der Waals surface area contributed by atoms with Gasteiger partial charge in [-0.3, -0.25) is 4.79 Å². The molecule has 0 radical (unpaired) electrons. The monoisotopic (exact) mass is 275 g/mol. The number of ketones is 1. The van der Waals surface area contributed by atoms with Crippen molar-refractivity contribution in [1.29, 1.82) is 0 Å². The van der Waals surface area contributed by atoms with Crippen LogP contribution in [-0.4, -0.2) is 19.4 Å². The minimum absolute atomic E-state index is 0.173. The number of carbonyl (C=O) groups excluding carboxylic acids is 1. The SMILES string of the molecule is COc1c(Br)cc(F)cc1C(=O)CCN. The largest absolute Gasteiger partial charge is 0.495 e. The fourth-order valence-corrected chi connectivity index (χ4v) is 1.83. The molecule has 15 heavy (non-hydrogen) atoms. The highest BCUT2D eigenvalue weighted by Crippen LogP contribution is 2.30. The topological polar surface area (TPSA) is 52.3 Å². The Labute approximate surface area is 95.5 Å². The Morgan fingerprint density at radius 3 is 2.80 bits per heavy atom. The number of hydrogen-bond acceptors (Lipinski definition) is 3. The van der Waals surface area contributed by atoms with E-state index in [2.05, 4.69) is 15.9 Å². The molecule has 0 spiro atoms. The zero-order valence-corrected chi connectivity index (χ0v) is 9.80. The third kappa shape index (κ3) is 2.76. The summed E-state index contributed by atoms with van der Waals surface area (Å²) in [4.78, 5) is 11.6. The molecule has 82 valence electrons. The quantitative estimate of drug-likeness (QED) is 0.857. The van der Waals surface area contributed by atoms with Crippen molar-refractivity contribution >= 4 is 21.7 Å². The second-order valence-corrected chi connectivity index (χ2v) is 3.78. The number of benzene rings is 1. The lowest BCUT2D eigenvalue weighted by Gasteiger charge is -2.09. The van der Waals surface area contributed by atoms with Gasteiger partial charge in [0.15, 0.2) is 5.78 Å². The van der Waals surface area contributed by atoms with E-state index < -0.39 is 5.82 Å². The fourth-order valence-electron chi connectivity index (χ4n) is 1.24. The van der Waals surface area contributed by atoms with Gasteiger partial charge in [0.2, 0.25) is 0 Å². The first-order valence-corrected chi connectivity index (χ1v) is 5.15. The molecule has 0 heterocycles. The van der Waals surface area contributed by atoms with Crippen LogP contribution in [0.15, 0.2) is 16.6 Å². The van der Waals surface area contributed by atoms with Crippen molar-refractivity contribution < 1.29 is 13.9 Å². The summed E-state index contributed by atoms with van der Waals surface area (Å²) in [6.07, 6.45) is 0.173. The molecule has 0 fully saturated rings. The van der Waals surface area contributed by atoms with Crippen LogP contribution in [0.3, 0.4) is 0 Å². The van der Waals surface area contributed by atoms with Crippen LogP contribution in [0.2, 0.25) is 0 Å². The standard InChI is InChI=1S/C10H11BrFNO2/c1-15-10-7(9(14)2-3-13)4-6(12)5-8(10)11/h4-5H,2-3,13H2,1H3. The first-order chi connectivity index (χ1) is 7.10. The molecule has 5 heteroatoms. The number of methoxy groups -OCH3 is 1. The van der Waals surface area contributed by atoms with Crippen molar-refractivity contribution in [2.45, 2.75) is 6.42 Å². The van der Waals surface area contributed by atoms with E-state index >= 15 is 0 Å². The van der Waals surface area contributed by atoms with E-state index in [1.54, 1.807) is 0 Å². The Bertz CT molecular complexity index is 382. The summed E-state index contributed by atoms with van der Waals surface area (Å²) in [7, 11) is 1.43. The molecule has 0 aliphatic carbocycles. The smallest absolute Gasteiger partial charge is 0.168 e. The normalized spacial score (nSPS) is 10.1. The van der Waals surface area contributed by atoms with Gasteiger partial charge in [-0.15, -0.1) is 0 Å². The molecule has 2 N–H and O–H groups in total. The molecule has 0 amide bonds. The van der Waals surface area contributed by atoms with Crippen molar-refractivity contribution in [1.82, 2.24) is 0 Å². The summed E-state index contributed by atoms with van der Waals surface area (Å²) < 4.78 is 18.5. The van der Waals surface area contributed by atoms with Crippen molar-refractivity contribution in [2.75, 3.05) is 13.7 Å². The molecule has 0 atom stereocenters. The van der Waals surface area contributed by atoms with Crippen molar-refractivity contribution in [2.24, 2.45) is 5.73 Å². The zero-order valence-electron chi connectivity index (χ0n) is 8.22. The molecule has 0 aromatic heterocycles. The number of rotatable bonds is 4. The van der Waals surface area contributed by atoms with Crippen LogP contribution >= 0.6 is 15.9 Å². The van der Waals surface area contributed by atoms with Crippen LogP contribution in [0.1, 0.15) is 16.8 Å². The summed E-state index contributed by atoms with van der Waals surface area (Å²) in [6, 6.07) is 2.40. The van der Waals surface area contributed by atoms with Crippen molar-refractivity contribution in [3.8, 4) is 5.75 Å². The number of halogens is 2. The third-order valence-electron chi connectivity index (χ3n) is 1.88. The molecule has 0 saturated carbocycles. The Morgan fingerprint density at radius 1 is 1.60 bits per heavy atom. The lowest BCUT2D eigenvalue weighted by molar-refractivity contribution is 0.0982. The first-order valence-electron chi connectivity index (χ1n) is 4.36. The maximum Gasteiger partial charge on any atom is 0.168 e. The van der Waals surface area contributed by atoms with Gasteiger partial charge < -0.3 is 10.5 Å². The summed E-state index contributed by atoms with van der Waals surface area (Å²) in [6.45, 7) is 0.232. The molecular weight excluding hydrogens is 265 g/mol. The highest BCUT2D eigenvalue weighted by atomic mass is 79.9. The van der Waals surface area contributed by atoms with Crippen LogP contribution in [-0.2, 0) is 0 Å². The predicted octanol–water partition coefficient (Wildman–Crippen LogP) is 2.13. The van der Waals surface area contributed by atoms with Crippen LogP contribution < -0.4 is 10.5 Å². The Kier molecular flexibility index (Phi) is 4.23. The van der Waals surface area contributed by atoms with E-state index in [9.17, 15) is 9.18 Å². The van der Waals surface area contributed by atoms with E-state index in [0.717, 1.165) is 6.07 Å². The van der Waals surface area contributed by atoms with Gasteiger partial charge in [0.05, 0.1) is 17.1 Å². The van der Waals surface area contributed by atoms with E-state index in [-0.39, 0.29) is 24.3 Å². The van der Waals surface area contributed by atoms with E-state index in [0.29, 0.717) is 10.2 Å². The molecule has 0 aliphatic heterocycles. The van der Waals surface area contributed by atoms with Gasteiger partial charge in [-0.1, -0.05) is 0 Å². The summed E-state index contributed by atoms with van der Waals surface area (Å²) in [5.41, 5.74) is 5.48. The first kappa shape index (κ1) is 12.1.